The zero-order valence-electron chi connectivity index (χ0n) is 22.1. The lowest BCUT2D eigenvalue weighted by Crippen LogP contribution is -2.19. The number of carbonyl (C=O) groups is 2. The van der Waals surface area contributed by atoms with E-state index in [1.807, 2.05) is 0 Å². The van der Waals surface area contributed by atoms with Crippen LogP contribution in [0.1, 0.15) is 32.0 Å². The van der Waals surface area contributed by atoms with Crippen molar-refractivity contribution in [2.24, 2.45) is 5.10 Å². The maximum Gasteiger partial charge on any atom is 0.416 e. The Morgan fingerprint density at radius 3 is 2.47 bits per heavy atom. The molecule has 2 N–H and O–H groups in total. The fourth-order valence-corrected chi connectivity index (χ4v) is 4.73. The second kappa shape index (κ2) is 12.2. The van der Waals surface area contributed by atoms with Gasteiger partial charge in [0, 0.05) is 32.1 Å². The third kappa shape index (κ3) is 6.50. The van der Waals surface area contributed by atoms with Crippen LogP contribution in [0.5, 0.6) is 11.5 Å². The molecule has 0 unspecified atom stereocenters. The van der Waals surface area contributed by atoms with Gasteiger partial charge in [-0.05, 0) is 66.2 Å². The summed E-state index contributed by atoms with van der Waals surface area (Å²) in [7, 11) is 1.33. The fourth-order valence-electron chi connectivity index (χ4n) is 4.33. The summed E-state index contributed by atoms with van der Waals surface area (Å²) in [5.74, 6) is -1.44. The summed E-state index contributed by atoms with van der Waals surface area (Å²) in [4.78, 5) is 28.9. The first kappa shape index (κ1) is 29.7. The second-order valence-electron chi connectivity index (χ2n) is 9.12. The average Bonchev–Trinajstić information content (AvgIpc) is 3.36. The minimum atomic E-state index is -4.61. The van der Waals surface area contributed by atoms with Crippen molar-refractivity contribution >= 4 is 52.2 Å². The van der Waals surface area contributed by atoms with E-state index in [4.69, 9.17) is 32.7 Å². The molecule has 12 heteroatoms. The van der Waals surface area contributed by atoms with E-state index in [2.05, 4.69) is 15.5 Å². The molecule has 1 amide bonds. The van der Waals surface area contributed by atoms with Crippen LogP contribution in [0.25, 0.3) is 22.0 Å². The highest BCUT2D eigenvalue weighted by molar-refractivity contribution is 6.34. The number of benzene rings is 4. The van der Waals surface area contributed by atoms with Crippen molar-refractivity contribution in [1.82, 2.24) is 10.4 Å². The Labute approximate surface area is 252 Å². The molecule has 0 aliphatic rings. The van der Waals surface area contributed by atoms with Crippen molar-refractivity contribution in [2.75, 3.05) is 7.11 Å². The van der Waals surface area contributed by atoms with E-state index in [1.165, 1.54) is 37.6 Å². The van der Waals surface area contributed by atoms with E-state index in [9.17, 15) is 22.8 Å². The first-order valence-electron chi connectivity index (χ1n) is 12.5. The Balaban J connectivity index is 1.35. The maximum atomic E-state index is 13.2. The van der Waals surface area contributed by atoms with Gasteiger partial charge >= 0.3 is 12.1 Å². The number of H-pyrrole nitrogens is 1. The van der Waals surface area contributed by atoms with Crippen molar-refractivity contribution in [2.45, 2.75) is 6.18 Å². The van der Waals surface area contributed by atoms with Crippen molar-refractivity contribution in [3.8, 4) is 22.6 Å². The number of alkyl halides is 3. The van der Waals surface area contributed by atoms with Gasteiger partial charge in [-0.2, -0.15) is 18.3 Å². The number of rotatable bonds is 7. The molecule has 0 spiro atoms. The van der Waals surface area contributed by atoms with Gasteiger partial charge in [-0.1, -0.05) is 47.5 Å². The van der Waals surface area contributed by atoms with Crippen LogP contribution in [0.2, 0.25) is 10.0 Å². The Hall–Kier alpha value is -4.80. The second-order valence-corrected chi connectivity index (χ2v) is 9.97. The van der Waals surface area contributed by atoms with Crippen LogP contribution in [0, 0.1) is 0 Å². The standard InChI is InChI=1S/C31H20Cl2F3N3O4/c1-42-26-13-17(9-12-25(26)43-30(41)18-5-4-6-19(14-18)31(34,35)36)16-37-39-29(40)28-27(21-7-2-3-8-23(21)33)22-15-20(32)10-11-24(22)38-28/h2-16,38H,1H3,(H,39,40). The Bertz CT molecular complexity index is 1890. The minimum absolute atomic E-state index is 0.0211. The van der Waals surface area contributed by atoms with Gasteiger partial charge in [0.15, 0.2) is 11.5 Å². The molecule has 218 valence electrons. The van der Waals surface area contributed by atoms with Crippen molar-refractivity contribution in [3.05, 3.63) is 117 Å². The monoisotopic (exact) mass is 625 g/mol. The quantitative estimate of drug-likeness (QED) is 0.0826. The molecule has 43 heavy (non-hydrogen) atoms. The lowest BCUT2D eigenvalue weighted by Gasteiger charge is -2.11. The third-order valence-electron chi connectivity index (χ3n) is 6.33. The molecule has 0 bridgehead atoms. The molecule has 5 rings (SSSR count). The number of aromatic nitrogens is 1. The summed E-state index contributed by atoms with van der Waals surface area (Å²) in [6.45, 7) is 0. The van der Waals surface area contributed by atoms with E-state index in [0.717, 1.165) is 12.1 Å². The highest BCUT2D eigenvalue weighted by Gasteiger charge is 2.31. The van der Waals surface area contributed by atoms with E-state index < -0.39 is 23.6 Å². The number of hydrogen-bond acceptors (Lipinski definition) is 5. The number of carbonyl (C=O) groups excluding carboxylic acids is 2. The number of esters is 1. The van der Waals surface area contributed by atoms with Crippen LogP contribution in [0.15, 0.2) is 90.0 Å². The molecule has 0 aliphatic heterocycles. The number of halogens is 5. The zero-order valence-corrected chi connectivity index (χ0v) is 23.6. The highest BCUT2D eigenvalue weighted by Crippen LogP contribution is 2.38. The number of amides is 1. The highest BCUT2D eigenvalue weighted by atomic mass is 35.5. The van der Waals surface area contributed by atoms with E-state index in [0.29, 0.717) is 43.7 Å². The van der Waals surface area contributed by atoms with Gasteiger partial charge < -0.3 is 14.5 Å². The molecular formula is C31H20Cl2F3N3O4. The van der Waals surface area contributed by atoms with Gasteiger partial charge in [0.2, 0.25) is 0 Å². The van der Waals surface area contributed by atoms with Gasteiger partial charge in [0.05, 0.1) is 24.5 Å². The molecule has 0 saturated carbocycles. The van der Waals surface area contributed by atoms with Crippen LogP contribution in [0.3, 0.4) is 0 Å². The van der Waals surface area contributed by atoms with E-state index in [1.54, 1.807) is 42.5 Å². The fraction of sp³-hybridized carbons (Fsp3) is 0.0645. The van der Waals surface area contributed by atoms with Crippen LogP contribution in [-0.2, 0) is 6.18 Å². The third-order valence-corrected chi connectivity index (χ3v) is 6.89. The smallest absolute Gasteiger partial charge is 0.416 e. The van der Waals surface area contributed by atoms with E-state index >= 15 is 0 Å². The number of nitrogens with one attached hydrogen (secondary N) is 2. The first-order chi connectivity index (χ1) is 20.5. The lowest BCUT2D eigenvalue weighted by molar-refractivity contribution is -0.137. The number of hydrazone groups is 1. The van der Waals surface area contributed by atoms with Gasteiger partial charge in [-0.15, -0.1) is 0 Å². The van der Waals surface area contributed by atoms with Crippen LogP contribution < -0.4 is 14.9 Å². The minimum Gasteiger partial charge on any atom is -0.493 e. The van der Waals surface area contributed by atoms with Crippen molar-refractivity contribution in [1.29, 1.82) is 0 Å². The molecular weight excluding hydrogens is 606 g/mol. The van der Waals surface area contributed by atoms with Gasteiger partial charge in [-0.25, -0.2) is 10.2 Å². The Kier molecular flexibility index (Phi) is 8.43. The normalized spacial score (nSPS) is 11.6. The molecule has 5 aromatic rings. The van der Waals surface area contributed by atoms with Crippen LogP contribution >= 0.6 is 23.2 Å². The maximum absolute atomic E-state index is 13.2. The van der Waals surface area contributed by atoms with Crippen molar-refractivity contribution < 1.29 is 32.2 Å². The molecule has 0 radical (unpaired) electrons. The zero-order chi connectivity index (χ0) is 30.7. The molecule has 0 atom stereocenters. The summed E-state index contributed by atoms with van der Waals surface area (Å²) in [5.41, 5.74) is 3.78. The first-order valence-corrected chi connectivity index (χ1v) is 13.3. The SMILES string of the molecule is COc1cc(C=NNC(=O)c2[nH]c3ccc(Cl)cc3c2-c2ccccc2Cl)ccc1OC(=O)c1cccc(C(F)(F)F)c1. The molecule has 1 heterocycles. The predicted octanol–water partition coefficient (Wildman–Crippen LogP) is 8.15. The number of methoxy groups -OCH3 is 1. The molecule has 0 aliphatic carbocycles. The van der Waals surface area contributed by atoms with Gasteiger partial charge in [0.25, 0.3) is 5.91 Å². The van der Waals surface area contributed by atoms with Crippen LogP contribution in [0.4, 0.5) is 13.2 Å². The summed E-state index contributed by atoms with van der Waals surface area (Å²) in [6, 6.07) is 20.6. The average molecular weight is 626 g/mol. The molecule has 7 nitrogen and oxygen atoms in total. The lowest BCUT2D eigenvalue weighted by atomic mass is 10.0. The summed E-state index contributed by atoms with van der Waals surface area (Å²) in [5, 5.41) is 5.67. The predicted molar refractivity (Wildman–Crippen MR) is 158 cm³/mol. The molecule has 1 aromatic heterocycles. The summed E-state index contributed by atoms with van der Waals surface area (Å²) >= 11 is 12.7. The van der Waals surface area contributed by atoms with Gasteiger partial charge in [-0.3, -0.25) is 4.79 Å². The van der Waals surface area contributed by atoms with E-state index in [-0.39, 0.29) is 22.8 Å². The number of fused-ring (bicyclic) bond motifs is 1. The topological polar surface area (TPSA) is 92.8 Å². The Morgan fingerprint density at radius 2 is 1.72 bits per heavy atom. The number of hydrogen-bond donors (Lipinski definition) is 2. The van der Waals surface area contributed by atoms with Crippen molar-refractivity contribution in [3.63, 3.8) is 0 Å². The number of nitrogens with zero attached hydrogens (tertiary/aromatic N) is 1. The largest absolute Gasteiger partial charge is 0.493 e. The molecule has 0 saturated heterocycles. The van der Waals surface area contributed by atoms with Gasteiger partial charge in [0.1, 0.15) is 5.69 Å². The summed E-state index contributed by atoms with van der Waals surface area (Å²) < 4.78 is 49.6. The number of ether oxygens (including phenoxy) is 2. The molecule has 0 fully saturated rings. The Morgan fingerprint density at radius 1 is 0.930 bits per heavy atom. The molecule has 4 aromatic carbocycles. The summed E-state index contributed by atoms with van der Waals surface area (Å²) in [6.07, 6.45) is -3.27. The number of aromatic amines is 1. The van der Waals surface area contributed by atoms with Crippen LogP contribution in [-0.4, -0.2) is 30.2 Å².